The average molecular weight is 203 g/mol. The summed E-state index contributed by atoms with van der Waals surface area (Å²) in [5, 5.41) is 7.91. The summed E-state index contributed by atoms with van der Waals surface area (Å²) in [6, 6.07) is 0. The van der Waals surface area contributed by atoms with Gasteiger partial charge in [-0.2, -0.15) is 0 Å². The van der Waals surface area contributed by atoms with Crippen molar-refractivity contribution in [3.8, 4) is 0 Å². The van der Waals surface area contributed by atoms with Crippen molar-refractivity contribution < 1.29 is 14.6 Å². The van der Waals surface area contributed by atoms with Gasteiger partial charge in [-0.15, -0.1) is 0 Å². The van der Waals surface area contributed by atoms with Gasteiger partial charge in [-0.3, -0.25) is 9.69 Å². The molecule has 1 N–H and O–H groups in total. The molecule has 1 rings (SSSR count). The lowest BCUT2D eigenvalue weighted by Gasteiger charge is -2.24. The lowest BCUT2D eigenvalue weighted by atomic mass is 10.4. The zero-order chi connectivity index (χ0) is 10.8. The predicted molar refractivity (Wildman–Crippen MR) is 55.5 cm³/mol. The van der Waals surface area contributed by atoms with Gasteiger partial charge >= 0.3 is 5.97 Å². The Hall–Kier alpha value is -0.610. The maximum atomic E-state index is 9.60. The molecule has 0 atom stereocenters. The van der Waals surface area contributed by atoms with Crippen LogP contribution < -0.4 is 0 Å². The van der Waals surface area contributed by atoms with Crippen molar-refractivity contribution >= 4 is 5.97 Å². The first kappa shape index (κ1) is 13.4. The fourth-order valence-corrected chi connectivity index (χ4v) is 1.13. The summed E-state index contributed by atoms with van der Waals surface area (Å²) in [5.41, 5.74) is 0. The van der Waals surface area contributed by atoms with Crippen LogP contribution in [0.1, 0.15) is 26.7 Å². The zero-order valence-corrected chi connectivity index (χ0v) is 9.16. The Balaban J connectivity index is 0.000000255. The Kier molecular flexibility index (Phi) is 8.57. The number of hydrogen-bond acceptors (Lipinski definition) is 3. The molecule has 1 aliphatic rings. The molecule has 0 aromatic heterocycles. The van der Waals surface area contributed by atoms with Crippen LogP contribution in [-0.4, -0.2) is 48.8 Å². The lowest BCUT2D eigenvalue weighted by Crippen LogP contribution is -2.35. The van der Waals surface area contributed by atoms with Gasteiger partial charge in [0.2, 0.25) is 0 Å². The standard InChI is InChI=1S/C6H13NO.C4H8O2/c1-2-7-3-5-8-6-4-7;1-2-3-4(5)6/h2-6H2,1H3;2-3H2,1H3,(H,5,6). The topological polar surface area (TPSA) is 49.8 Å². The number of ether oxygens (including phenoxy) is 1. The van der Waals surface area contributed by atoms with Gasteiger partial charge in [-0.25, -0.2) is 0 Å². The van der Waals surface area contributed by atoms with Crippen LogP contribution in [0.3, 0.4) is 0 Å². The molecular weight excluding hydrogens is 182 g/mol. The molecule has 1 saturated heterocycles. The molecule has 0 aliphatic carbocycles. The van der Waals surface area contributed by atoms with Gasteiger partial charge in [-0.05, 0) is 13.0 Å². The van der Waals surface area contributed by atoms with Gasteiger partial charge in [0, 0.05) is 19.5 Å². The number of carbonyl (C=O) groups is 1. The van der Waals surface area contributed by atoms with E-state index in [9.17, 15) is 4.79 Å². The third-order valence-corrected chi connectivity index (χ3v) is 2.01. The Morgan fingerprint density at radius 2 is 1.93 bits per heavy atom. The van der Waals surface area contributed by atoms with E-state index in [1.807, 2.05) is 6.92 Å². The van der Waals surface area contributed by atoms with E-state index in [1.165, 1.54) is 6.54 Å². The molecule has 0 unspecified atom stereocenters. The molecule has 0 amide bonds. The predicted octanol–water partition coefficient (Wildman–Crippen LogP) is 1.21. The third-order valence-electron chi connectivity index (χ3n) is 2.01. The fraction of sp³-hybridized carbons (Fsp3) is 0.900. The molecule has 1 aliphatic heterocycles. The molecule has 0 aromatic carbocycles. The number of aliphatic carboxylic acids is 1. The van der Waals surface area contributed by atoms with Crippen molar-refractivity contribution in [2.24, 2.45) is 0 Å². The van der Waals surface area contributed by atoms with Crippen molar-refractivity contribution in [2.75, 3.05) is 32.8 Å². The number of likely N-dealkylation sites (N-methyl/N-ethyl adjacent to an activating group) is 1. The highest BCUT2D eigenvalue weighted by Crippen LogP contribution is 1.93. The Morgan fingerprint density at radius 3 is 2.14 bits per heavy atom. The second-order valence-corrected chi connectivity index (χ2v) is 3.19. The van der Waals surface area contributed by atoms with Gasteiger partial charge < -0.3 is 9.84 Å². The van der Waals surface area contributed by atoms with Crippen molar-refractivity contribution in [3.63, 3.8) is 0 Å². The van der Waals surface area contributed by atoms with Gasteiger partial charge in [-0.1, -0.05) is 13.8 Å². The van der Waals surface area contributed by atoms with Crippen molar-refractivity contribution in [2.45, 2.75) is 26.7 Å². The molecule has 0 aromatic rings. The van der Waals surface area contributed by atoms with Gasteiger partial charge in [0.05, 0.1) is 13.2 Å². The lowest BCUT2D eigenvalue weighted by molar-refractivity contribution is -0.137. The van der Waals surface area contributed by atoms with Crippen LogP contribution in [-0.2, 0) is 9.53 Å². The number of hydrogen-bond donors (Lipinski definition) is 1. The highest BCUT2D eigenvalue weighted by molar-refractivity contribution is 5.66. The molecule has 0 bridgehead atoms. The first-order valence-electron chi connectivity index (χ1n) is 5.22. The van der Waals surface area contributed by atoms with Crippen LogP contribution in [0.15, 0.2) is 0 Å². The van der Waals surface area contributed by atoms with E-state index in [4.69, 9.17) is 9.84 Å². The summed E-state index contributed by atoms with van der Waals surface area (Å²) < 4.78 is 5.16. The van der Waals surface area contributed by atoms with Crippen LogP contribution in [0.5, 0.6) is 0 Å². The number of carboxylic acids is 1. The SMILES string of the molecule is CCCC(=O)O.CCN1CCOCC1. The van der Waals surface area contributed by atoms with E-state index in [-0.39, 0.29) is 0 Å². The van der Waals surface area contributed by atoms with Crippen LogP contribution >= 0.6 is 0 Å². The summed E-state index contributed by atoms with van der Waals surface area (Å²) in [7, 11) is 0. The smallest absolute Gasteiger partial charge is 0.303 e. The second kappa shape index (κ2) is 8.97. The first-order valence-corrected chi connectivity index (χ1v) is 5.22. The Morgan fingerprint density at radius 1 is 1.36 bits per heavy atom. The largest absolute Gasteiger partial charge is 0.481 e. The van der Waals surface area contributed by atoms with Gasteiger partial charge in [0.1, 0.15) is 0 Å². The molecule has 4 heteroatoms. The van der Waals surface area contributed by atoms with Crippen LogP contribution in [0.2, 0.25) is 0 Å². The molecular formula is C10H21NO3. The molecule has 0 saturated carbocycles. The van der Waals surface area contributed by atoms with Gasteiger partial charge in [0.25, 0.3) is 0 Å². The minimum Gasteiger partial charge on any atom is -0.481 e. The third kappa shape index (κ3) is 8.01. The van der Waals surface area contributed by atoms with Crippen molar-refractivity contribution in [1.82, 2.24) is 4.90 Å². The maximum Gasteiger partial charge on any atom is 0.303 e. The summed E-state index contributed by atoms with van der Waals surface area (Å²) >= 11 is 0. The van der Waals surface area contributed by atoms with E-state index in [0.29, 0.717) is 6.42 Å². The molecule has 4 nitrogen and oxygen atoms in total. The zero-order valence-electron chi connectivity index (χ0n) is 9.16. The summed E-state index contributed by atoms with van der Waals surface area (Å²) in [4.78, 5) is 12.0. The number of morpholine rings is 1. The number of rotatable bonds is 3. The van der Waals surface area contributed by atoms with E-state index in [2.05, 4.69) is 11.8 Å². The molecule has 14 heavy (non-hydrogen) atoms. The average Bonchev–Trinajstić information content (AvgIpc) is 2.20. The highest BCUT2D eigenvalue weighted by Gasteiger charge is 2.05. The van der Waals surface area contributed by atoms with Gasteiger partial charge in [0.15, 0.2) is 0 Å². The second-order valence-electron chi connectivity index (χ2n) is 3.19. The molecule has 0 radical (unpaired) electrons. The number of nitrogens with zero attached hydrogens (tertiary/aromatic N) is 1. The first-order chi connectivity index (χ1) is 6.70. The van der Waals surface area contributed by atoms with E-state index in [0.717, 1.165) is 32.7 Å². The summed E-state index contributed by atoms with van der Waals surface area (Å²) in [6.07, 6.45) is 1.02. The normalized spacial score (nSPS) is 17.0. The molecule has 1 fully saturated rings. The van der Waals surface area contributed by atoms with Crippen LogP contribution in [0.4, 0.5) is 0 Å². The van der Waals surface area contributed by atoms with Crippen LogP contribution in [0.25, 0.3) is 0 Å². The number of carboxylic acid groups (broad SMARTS) is 1. The highest BCUT2D eigenvalue weighted by atomic mass is 16.5. The van der Waals surface area contributed by atoms with Crippen LogP contribution in [0, 0.1) is 0 Å². The molecule has 84 valence electrons. The Labute approximate surface area is 85.9 Å². The molecule has 1 heterocycles. The Bertz CT molecular complexity index is 144. The van der Waals surface area contributed by atoms with Crippen molar-refractivity contribution in [3.05, 3.63) is 0 Å². The van der Waals surface area contributed by atoms with E-state index in [1.54, 1.807) is 0 Å². The summed E-state index contributed by atoms with van der Waals surface area (Å²) in [5.74, 6) is -0.711. The monoisotopic (exact) mass is 203 g/mol. The quantitative estimate of drug-likeness (QED) is 0.749. The van der Waals surface area contributed by atoms with Crippen molar-refractivity contribution in [1.29, 1.82) is 0 Å². The minimum absolute atomic E-state index is 0.292. The summed E-state index contributed by atoms with van der Waals surface area (Å²) in [6.45, 7) is 9.29. The molecule has 0 spiro atoms. The fourth-order valence-electron chi connectivity index (χ4n) is 1.13. The van der Waals surface area contributed by atoms with E-state index < -0.39 is 5.97 Å². The van der Waals surface area contributed by atoms with E-state index >= 15 is 0 Å². The maximum absolute atomic E-state index is 9.60. The minimum atomic E-state index is -0.711.